The summed E-state index contributed by atoms with van der Waals surface area (Å²) in [5.41, 5.74) is 1.23. The van der Waals surface area contributed by atoms with Gasteiger partial charge in [-0.25, -0.2) is 4.79 Å². The number of hydrogen-bond donors (Lipinski definition) is 2. The van der Waals surface area contributed by atoms with Crippen molar-refractivity contribution in [1.29, 1.82) is 0 Å². The molecule has 4 heteroatoms. The van der Waals surface area contributed by atoms with Crippen LogP contribution in [0, 0.1) is 0 Å². The predicted octanol–water partition coefficient (Wildman–Crippen LogP) is 1.36. The zero-order valence-electron chi connectivity index (χ0n) is 7.28. The van der Waals surface area contributed by atoms with Crippen LogP contribution in [0.25, 0.3) is 0 Å². The number of amides is 1. The molecule has 0 radical (unpaired) electrons. The Morgan fingerprint density at radius 3 is 2.85 bits per heavy atom. The van der Waals surface area contributed by atoms with Crippen LogP contribution >= 0.6 is 0 Å². The number of hydrogen-bond acceptors (Lipinski definition) is 3. The van der Waals surface area contributed by atoms with Crippen LogP contribution in [0.2, 0.25) is 0 Å². The van der Waals surface area contributed by atoms with Crippen molar-refractivity contribution in [2.75, 3.05) is 12.4 Å². The Hall–Kier alpha value is -1.55. The molecule has 0 atom stereocenters. The molecule has 0 bridgehead atoms. The van der Waals surface area contributed by atoms with Crippen LogP contribution in [0.5, 0.6) is 0 Å². The van der Waals surface area contributed by atoms with Crippen LogP contribution < -0.4 is 5.32 Å². The maximum absolute atomic E-state index is 10.8. The van der Waals surface area contributed by atoms with Crippen molar-refractivity contribution in [2.24, 2.45) is 0 Å². The normalized spacial score (nSPS) is 9.38. The lowest BCUT2D eigenvalue weighted by Gasteiger charge is -2.07. The molecular formula is C9H11NO3. The van der Waals surface area contributed by atoms with E-state index in [1.165, 1.54) is 7.11 Å². The molecule has 2 N–H and O–H groups in total. The van der Waals surface area contributed by atoms with E-state index in [0.717, 1.165) is 0 Å². The van der Waals surface area contributed by atoms with Gasteiger partial charge in [-0.1, -0.05) is 18.2 Å². The molecular weight excluding hydrogens is 170 g/mol. The highest BCUT2D eigenvalue weighted by atomic mass is 16.5. The first-order valence-electron chi connectivity index (χ1n) is 3.81. The first-order chi connectivity index (χ1) is 6.27. The fourth-order valence-corrected chi connectivity index (χ4v) is 0.941. The third kappa shape index (κ3) is 2.45. The lowest BCUT2D eigenvalue weighted by atomic mass is 10.2. The standard InChI is InChI=1S/C9H11NO3/c1-13-9(12)10-8-5-3-2-4-7(8)6-11/h2-5,11H,6H2,1H3,(H,10,12). The number of aliphatic hydroxyl groups excluding tert-OH is 1. The number of nitrogens with one attached hydrogen (secondary N) is 1. The van der Waals surface area contributed by atoms with Crippen LogP contribution in [0.3, 0.4) is 0 Å². The zero-order valence-corrected chi connectivity index (χ0v) is 7.28. The lowest BCUT2D eigenvalue weighted by molar-refractivity contribution is 0.187. The first-order valence-corrected chi connectivity index (χ1v) is 3.81. The largest absolute Gasteiger partial charge is 0.453 e. The smallest absolute Gasteiger partial charge is 0.411 e. The summed E-state index contributed by atoms with van der Waals surface area (Å²) in [4.78, 5) is 10.8. The van der Waals surface area contributed by atoms with E-state index in [1.54, 1.807) is 24.3 Å². The summed E-state index contributed by atoms with van der Waals surface area (Å²) in [5, 5.41) is 11.4. The van der Waals surface area contributed by atoms with Crippen molar-refractivity contribution >= 4 is 11.8 Å². The Bertz CT molecular complexity index is 299. The maximum Gasteiger partial charge on any atom is 0.411 e. The van der Waals surface area contributed by atoms with E-state index >= 15 is 0 Å². The number of carbonyl (C=O) groups excluding carboxylic acids is 1. The topological polar surface area (TPSA) is 58.6 Å². The fourth-order valence-electron chi connectivity index (χ4n) is 0.941. The second kappa shape index (κ2) is 4.47. The van der Waals surface area contributed by atoms with Crippen molar-refractivity contribution in [3.05, 3.63) is 29.8 Å². The number of para-hydroxylation sites is 1. The third-order valence-corrected chi connectivity index (χ3v) is 1.61. The second-order valence-corrected chi connectivity index (χ2v) is 2.43. The SMILES string of the molecule is COC(=O)Nc1ccccc1CO. The van der Waals surface area contributed by atoms with Gasteiger partial charge in [0.15, 0.2) is 0 Å². The van der Waals surface area contributed by atoms with Gasteiger partial charge in [-0.05, 0) is 6.07 Å². The van der Waals surface area contributed by atoms with Crippen LogP contribution in [0.1, 0.15) is 5.56 Å². The molecule has 70 valence electrons. The van der Waals surface area contributed by atoms with Gasteiger partial charge in [0.1, 0.15) is 0 Å². The molecule has 0 aliphatic carbocycles. The first kappa shape index (κ1) is 9.54. The molecule has 1 aromatic carbocycles. The van der Waals surface area contributed by atoms with E-state index in [-0.39, 0.29) is 6.61 Å². The monoisotopic (exact) mass is 181 g/mol. The summed E-state index contributed by atoms with van der Waals surface area (Å²) in [6, 6.07) is 6.98. The molecule has 4 nitrogen and oxygen atoms in total. The Morgan fingerprint density at radius 1 is 1.54 bits per heavy atom. The highest BCUT2D eigenvalue weighted by molar-refractivity contribution is 5.85. The summed E-state index contributed by atoms with van der Waals surface area (Å²) in [5.74, 6) is 0. The quantitative estimate of drug-likeness (QED) is 0.724. The lowest BCUT2D eigenvalue weighted by Crippen LogP contribution is -2.12. The molecule has 0 heterocycles. The second-order valence-electron chi connectivity index (χ2n) is 2.43. The van der Waals surface area contributed by atoms with Gasteiger partial charge in [-0.2, -0.15) is 0 Å². The number of methoxy groups -OCH3 is 1. The van der Waals surface area contributed by atoms with Crippen molar-refractivity contribution in [2.45, 2.75) is 6.61 Å². The number of carbonyl (C=O) groups is 1. The minimum absolute atomic E-state index is 0.111. The molecule has 0 fully saturated rings. The van der Waals surface area contributed by atoms with E-state index in [2.05, 4.69) is 10.1 Å². The number of aliphatic hydroxyl groups is 1. The van der Waals surface area contributed by atoms with Crippen molar-refractivity contribution in [3.63, 3.8) is 0 Å². The molecule has 0 saturated carbocycles. The van der Waals surface area contributed by atoms with Crippen LogP contribution in [0.4, 0.5) is 10.5 Å². The number of ether oxygens (including phenoxy) is 1. The van der Waals surface area contributed by atoms with Crippen LogP contribution in [0.15, 0.2) is 24.3 Å². The molecule has 0 spiro atoms. The summed E-state index contributed by atoms with van der Waals surface area (Å²) in [6.07, 6.45) is -0.541. The summed E-state index contributed by atoms with van der Waals surface area (Å²) in [6.45, 7) is -0.111. The van der Waals surface area contributed by atoms with Gasteiger partial charge in [0.25, 0.3) is 0 Å². The average molecular weight is 181 g/mol. The Labute approximate surface area is 76.1 Å². The predicted molar refractivity (Wildman–Crippen MR) is 48.4 cm³/mol. The minimum Gasteiger partial charge on any atom is -0.453 e. The number of rotatable bonds is 2. The van der Waals surface area contributed by atoms with Gasteiger partial charge in [0, 0.05) is 11.3 Å². The van der Waals surface area contributed by atoms with Gasteiger partial charge >= 0.3 is 6.09 Å². The van der Waals surface area contributed by atoms with Crippen molar-refractivity contribution in [3.8, 4) is 0 Å². The van der Waals surface area contributed by atoms with Gasteiger partial charge < -0.3 is 9.84 Å². The van der Waals surface area contributed by atoms with Crippen LogP contribution in [-0.2, 0) is 11.3 Å². The fraction of sp³-hybridized carbons (Fsp3) is 0.222. The average Bonchev–Trinajstić information content (AvgIpc) is 2.18. The summed E-state index contributed by atoms with van der Waals surface area (Å²) in [7, 11) is 1.29. The van der Waals surface area contributed by atoms with Gasteiger partial charge in [-0.15, -0.1) is 0 Å². The molecule has 0 unspecified atom stereocenters. The van der Waals surface area contributed by atoms with E-state index < -0.39 is 6.09 Å². The Kier molecular flexibility index (Phi) is 3.28. The van der Waals surface area contributed by atoms with Crippen LogP contribution in [-0.4, -0.2) is 18.3 Å². The molecule has 13 heavy (non-hydrogen) atoms. The summed E-state index contributed by atoms with van der Waals surface area (Å²) >= 11 is 0. The molecule has 1 rings (SSSR count). The molecule has 0 saturated heterocycles. The third-order valence-electron chi connectivity index (χ3n) is 1.61. The van der Waals surface area contributed by atoms with Gasteiger partial charge in [-0.3, -0.25) is 5.32 Å². The van der Waals surface area contributed by atoms with E-state index in [9.17, 15) is 4.79 Å². The molecule has 0 aromatic heterocycles. The highest BCUT2D eigenvalue weighted by Crippen LogP contribution is 2.14. The molecule has 0 aliphatic heterocycles. The molecule has 1 amide bonds. The van der Waals surface area contributed by atoms with E-state index in [1.807, 2.05) is 0 Å². The zero-order chi connectivity index (χ0) is 9.68. The van der Waals surface area contributed by atoms with E-state index in [0.29, 0.717) is 11.3 Å². The number of benzene rings is 1. The van der Waals surface area contributed by atoms with Crippen molar-refractivity contribution in [1.82, 2.24) is 0 Å². The molecule has 0 aliphatic rings. The molecule has 1 aromatic rings. The van der Waals surface area contributed by atoms with Crippen molar-refractivity contribution < 1.29 is 14.6 Å². The maximum atomic E-state index is 10.8. The Balaban J connectivity index is 2.81. The van der Waals surface area contributed by atoms with Gasteiger partial charge in [0.05, 0.1) is 13.7 Å². The highest BCUT2D eigenvalue weighted by Gasteiger charge is 2.03. The van der Waals surface area contributed by atoms with E-state index in [4.69, 9.17) is 5.11 Å². The summed E-state index contributed by atoms with van der Waals surface area (Å²) < 4.78 is 4.42. The Morgan fingerprint density at radius 2 is 2.23 bits per heavy atom. The minimum atomic E-state index is -0.541. The van der Waals surface area contributed by atoms with Gasteiger partial charge in [0.2, 0.25) is 0 Å². The number of anilines is 1.